The molecule has 8 heteroatoms. The Morgan fingerprint density at radius 1 is 1.22 bits per heavy atom. The molecular weight excluding hydrogens is 382 g/mol. The van der Waals surface area contributed by atoms with Gasteiger partial charge in [0.2, 0.25) is 10.0 Å². The lowest BCUT2D eigenvalue weighted by Gasteiger charge is -2.30. The molecule has 1 amide bonds. The molecule has 1 aromatic carbocycles. The van der Waals surface area contributed by atoms with Gasteiger partial charge < -0.3 is 5.32 Å². The predicted octanol–water partition coefficient (Wildman–Crippen LogP) is 3.33. The van der Waals surface area contributed by atoms with Gasteiger partial charge in [-0.3, -0.25) is 4.79 Å². The summed E-state index contributed by atoms with van der Waals surface area (Å²) in [6, 6.07) is 6.20. The van der Waals surface area contributed by atoms with Crippen LogP contribution in [0, 0.1) is 6.92 Å². The third-order valence-corrected chi connectivity index (χ3v) is 7.84. The first-order valence-electron chi connectivity index (χ1n) is 9.15. The van der Waals surface area contributed by atoms with Crippen LogP contribution in [0.3, 0.4) is 0 Å². The van der Waals surface area contributed by atoms with Crippen LogP contribution >= 0.6 is 11.3 Å². The van der Waals surface area contributed by atoms with E-state index in [4.69, 9.17) is 0 Å². The zero-order valence-corrected chi connectivity index (χ0v) is 17.3. The van der Waals surface area contributed by atoms with Crippen molar-refractivity contribution in [1.29, 1.82) is 0 Å². The fourth-order valence-electron chi connectivity index (χ4n) is 3.33. The summed E-state index contributed by atoms with van der Waals surface area (Å²) in [5, 5.41) is 5.59. The molecule has 27 heavy (non-hydrogen) atoms. The summed E-state index contributed by atoms with van der Waals surface area (Å²) in [4.78, 5) is 16.8. The van der Waals surface area contributed by atoms with Crippen molar-refractivity contribution in [3.8, 4) is 0 Å². The molecule has 146 valence electrons. The van der Waals surface area contributed by atoms with Crippen molar-refractivity contribution in [3.63, 3.8) is 0 Å². The van der Waals surface area contributed by atoms with Gasteiger partial charge in [-0.1, -0.05) is 19.3 Å². The molecule has 1 heterocycles. The molecule has 0 atom stereocenters. The smallest absolute Gasteiger partial charge is 0.251 e. The van der Waals surface area contributed by atoms with Gasteiger partial charge in [0, 0.05) is 29.7 Å². The minimum Gasteiger partial charge on any atom is -0.346 e. The molecule has 1 aliphatic carbocycles. The Morgan fingerprint density at radius 3 is 2.48 bits per heavy atom. The first-order valence-corrected chi connectivity index (χ1v) is 11.5. The molecule has 0 unspecified atom stereocenters. The van der Waals surface area contributed by atoms with Crippen LogP contribution in [0.5, 0.6) is 0 Å². The summed E-state index contributed by atoms with van der Waals surface area (Å²) in [6.45, 7) is 2.27. The van der Waals surface area contributed by atoms with E-state index in [-0.39, 0.29) is 16.8 Å². The normalized spacial score (nSPS) is 15.8. The SMILES string of the molecule is Cc1csc(CNC(=O)c2ccc(S(=O)(=O)N(C)C3CCCCC3)cc2)n1. The lowest BCUT2D eigenvalue weighted by molar-refractivity contribution is 0.0950. The van der Waals surface area contributed by atoms with Crippen molar-refractivity contribution in [1.82, 2.24) is 14.6 Å². The Kier molecular flexibility index (Phi) is 6.29. The molecule has 0 bridgehead atoms. The minimum atomic E-state index is -3.54. The number of carbonyl (C=O) groups is 1. The van der Waals surface area contributed by atoms with Crippen LogP contribution in [-0.4, -0.2) is 36.7 Å². The van der Waals surface area contributed by atoms with Gasteiger partial charge >= 0.3 is 0 Å². The molecule has 1 aliphatic rings. The van der Waals surface area contributed by atoms with Crippen molar-refractivity contribution >= 4 is 27.3 Å². The number of hydrogen-bond acceptors (Lipinski definition) is 5. The van der Waals surface area contributed by atoms with E-state index in [1.165, 1.54) is 34.2 Å². The average molecular weight is 408 g/mol. The topological polar surface area (TPSA) is 79.4 Å². The number of aromatic nitrogens is 1. The van der Waals surface area contributed by atoms with E-state index in [1.54, 1.807) is 19.2 Å². The number of amides is 1. The number of aryl methyl sites for hydroxylation is 1. The summed E-state index contributed by atoms with van der Waals surface area (Å²) < 4.78 is 27.2. The highest BCUT2D eigenvalue weighted by Gasteiger charge is 2.29. The van der Waals surface area contributed by atoms with Crippen LogP contribution in [0.2, 0.25) is 0 Å². The number of rotatable bonds is 6. The quantitative estimate of drug-likeness (QED) is 0.796. The van der Waals surface area contributed by atoms with Crippen LogP contribution in [0.15, 0.2) is 34.5 Å². The zero-order valence-electron chi connectivity index (χ0n) is 15.6. The zero-order chi connectivity index (χ0) is 19.4. The summed E-state index contributed by atoms with van der Waals surface area (Å²) in [7, 11) is -1.89. The van der Waals surface area contributed by atoms with E-state index in [0.29, 0.717) is 12.1 Å². The van der Waals surface area contributed by atoms with Gasteiger partial charge in [0.1, 0.15) is 5.01 Å². The summed E-state index contributed by atoms with van der Waals surface area (Å²) in [6.07, 6.45) is 5.14. The number of nitrogens with zero attached hydrogens (tertiary/aromatic N) is 2. The third kappa shape index (κ3) is 4.75. The van der Waals surface area contributed by atoms with E-state index in [2.05, 4.69) is 10.3 Å². The first-order chi connectivity index (χ1) is 12.9. The van der Waals surface area contributed by atoms with E-state index in [0.717, 1.165) is 36.4 Å². The van der Waals surface area contributed by atoms with Gasteiger partial charge in [0.15, 0.2) is 0 Å². The van der Waals surface area contributed by atoms with Crippen molar-refractivity contribution in [3.05, 3.63) is 45.9 Å². The number of nitrogens with one attached hydrogen (secondary N) is 1. The number of hydrogen-bond donors (Lipinski definition) is 1. The molecule has 0 radical (unpaired) electrons. The van der Waals surface area contributed by atoms with E-state index >= 15 is 0 Å². The highest BCUT2D eigenvalue weighted by molar-refractivity contribution is 7.89. The molecule has 0 spiro atoms. The molecule has 0 saturated heterocycles. The molecule has 6 nitrogen and oxygen atoms in total. The fraction of sp³-hybridized carbons (Fsp3) is 0.474. The van der Waals surface area contributed by atoms with Crippen molar-refractivity contribution in [2.45, 2.75) is 56.5 Å². The maximum atomic E-state index is 12.8. The molecule has 2 aromatic rings. The fourth-order valence-corrected chi connectivity index (χ4v) is 5.45. The summed E-state index contributed by atoms with van der Waals surface area (Å²) >= 11 is 1.50. The third-order valence-electron chi connectivity index (χ3n) is 4.95. The molecule has 1 saturated carbocycles. The average Bonchev–Trinajstić information content (AvgIpc) is 3.11. The Hall–Kier alpha value is -1.77. The van der Waals surface area contributed by atoms with Gasteiger partial charge in [-0.25, -0.2) is 13.4 Å². The number of benzene rings is 1. The Morgan fingerprint density at radius 2 is 1.89 bits per heavy atom. The van der Waals surface area contributed by atoms with E-state index in [1.807, 2.05) is 12.3 Å². The molecule has 0 aliphatic heterocycles. The lowest BCUT2D eigenvalue weighted by Crippen LogP contribution is -2.38. The highest BCUT2D eigenvalue weighted by atomic mass is 32.2. The van der Waals surface area contributed by atoms with Gasteiger partial charge in [0.25, 0.3) is 5.91 Å². The largest absolute Gasteiger partial charge is 0.346 e. The first kappa shape index (κ1) is 20.0. The van der Waals surface area contributed by atoms with Crippen LogP contribution < -0.4 is 5.32 Å². The summed E-state index contributed by atoms with van der Waals surface area (Å²) in [5.41, 5.74) is 1.36. The van der Waals surface area contributed by atoms with Gasteiger partial charge in [-0.2, -0.15) is 4.31 Å². The lowest BCUT2D eigenvalue weighted by atomic mass is 9.96. The molecule has 3 rings (SSSR count). The van der Waals surface area contributed by atoms with Gasteiger partial charge in [0.05, 0.1) is 11.4 Å². The van der Waals surface area contributed by atoms with E-state index < -0.39 is 10.0 Å². The van der Waals surface area contributed by atoms with Crippen molar-refractivity contribution in [2.75, 3.05) is 7.05 Å². The minimum absolute atomic E-state index is 0.0634. The van der Waals surface area contributed by atoms with Crippen LogP contribution in [0.1, 0.15) is 53.2 Å². The van der Waals surface area contributed by atoms with Crippen LogP contribution in [0.4, 0.5) is 0 Å². The van der Waals surface area contributed by atoms with E-state index in [9.17, 15) is 13.2 Å². The second-order valence-electron chi connectivity index (χ2n) is 6.90. The summed E-state index contributed by atoms with van der Waals surface area (Å²) in [5.74, 6) is -0.243. The molecular formula is C19H25N3O3S2. The second-order valence-corrected chi connectivity index (χ2v) is 9.84. The van der Waals surface area contributed by atoms with Gasteiger partial charge in [-0.15, -0.1) is 11.3 Å². The van der Waals surface area contributed by atoms with Gasteiger partial charge in [-0.05, 0) is 44.0 Å². The Labute approximate surface area is 164 Å². The van der Waals surface area contributed by atoms with Crippen LogP contribution in [0.25, 0.3) is 0 Å². The Bertz CT molecular complexity index is 885. The van der Waals surface area contributed by atoms with Crippen LogP contribution in [-0.2, 0) is 16.6 Å². The van der Waals surface area contributed by atoms with Crippen molar-refractivity contribution in [2.24, 2.45) is 0 Å². The number of carbonyl (C=O) groups excluding carboxylic acids is 1. The molecule has 1 fully saturated rings. The maximum absolute atomic E-state index is 12.8. The monoisotopic (exact) mass is 407 g/mol. The number of thiazole rings is 1. The van der Waals surface area contributed by atoms with Crippen molar-refractivity contribution < 1.29 is 13.2 Å². The second kappa shape index (κ2) is 8.50. The maximum Gasteiger partial charge on any atom is 0.251 e. The Balaban J connectivity index is 1.65. The highest BCUT2D eigenvalue weighted by Crippen LogP contribution is 2.26. The standard InChI is InChI=1S/C19H25N3O3S2/c1-14-13-26-18(21-14)12-20-19(23)15-8-10-17(11-9-15)27(24,25)22(2)16-6-4-3-5-7-16/h8-11,13,16H,3-7,12H2,1-2H3,(H,20,23). The predicted molar refractivity (Wildman–Crippen MR) is 106 cm³/mol. The number of sulfonamides is 1. The molecule has 1 N–H and O–H groups in total. The molecule has 1 aromatic heterocycles.